The molecule has 0 radical (unpaired) electrons. The van der Waals surface area contributed by atoms with Gasteiger partial charge in [-0.2, -0.15) is 10.5 Å². The molecule has 1 aliphatic rings. The Balaban J connectivity index is 1.53. The summed E-state index contributed by atoms with van der Waals surface area (Å²) in [6.45, 7) is 6.02. The number of benzene rings is 6. The maximum atomic E-state index is 12.1. The van der Waals surface area contributed by atoms with Gasteiger partial charge in [-0.3, -0.25) is 0 Å². The number of aliphatic hydroxyl groups excluding tert-OH is 1. The van der Waals surface area contributed by atoms with Gasteiger partial charge in [-0.25, -0.2) is 0 Å². The van der Waals surface area contributed by atoms with Crippen LogP contribution in [0.4, 0.5) is 11.4 Å². The number of rotatable bonds is 6. The molecule has 0 fully saturated rings. The van der Waals surface area contributed by atoms with E-state index in [-0.39, 0.29) is 11.3 Å². The minimum absolute atomic E-state index is 0.0187. The highest BCUT2D eigenvalue weighted by Crippen LogP contribution is 2.55. The van der Waals surface area contributed by atoms with Crippen LogP contribution in [0.3, 0.4) is 0 Å². The van der Waals surface area contributed by atoms with Crippen LogP contribution in [0, 0.1) is 22.7 Å². The van der Waals surface area contributed by atoms with Gasteiger partial charge in [0.05, 0.1) is 5.92 Å². The molecule has 7 rings (SSSR count). The fourth-order valence-electron chi connectivity index (χ4n) is 7.24. The Morgan fingerprint density at radius 1 is 0.674 bits per heavy atom. The molecule has 6 aromatic carbocycles. The first-order chi connectivity index (χ1) is 22.4. The standard InChI is InChI=1S/C41H34N4O/c1-5-45(6-2)37-18-16-31(33-20-26-12-8-10-14-28(26)22-35(33)37)40-38(29(23-42)24-43)39(41(40)46)30-15-17-36(44(3)4)34-21-27-13-9-7-11-25(27)19-32(30)34/h7-22,40,46H,5-6H2,1-4H3. The van der Waals surface area contributed by atoms with Gasteiger partial charge in [-0.15, -0.1) is 0 Å². The molecule has 46 heavy (non-hydrogen) atoms. The molecule has 5 heteroatoms. The Morgan fingerprint density at radius 2 is 1.17 bits per heavy atom. The highest BCUT2D eigenvalue weighted by atomic mass is 16.3. The van der Waals surface area contributed by atoms with Crippen LogP contribution in [0.15, 0.2) is 114 Å². The first-order valence-corrected chi connectivity index (χ1v) is 15.7. The molecule has 0 aromatic heterocycles. The summed E-state index contributed by atoms with van der Waals surface area (Å²) >= 11 is 0. The lowest BCUT2D eigenvalue weighted by atomic mass is 9.68. The SMILES string of the molecule is CCN(CC)c1ccc(C2C(O)=C(c3ccc(N(C)C)c4cc5ccccc5cc34)C2=C(C#N)C#N)c2cc3ccccc3cc12. The molecule has 5 nitrogen and oxygen atoms in total. The van der Waals surface area contributed by atoms with Crippen molar-refractivity contribution in [2.45, 2.75) is 19.8 Å². The number of nitriles is 2. The largest absolute Gasteiger partial charge is 0.511 e. The predicted octanol–water partition coefficient (Wildman–Crippen LogP) is 9.62. The Hall–Kier alpha value is -5.78. The summed E-state index contributed by atoms with van der Waals surface area (Å²) in [6, 6.07) is 37.8. The average molecular weight is 599 g/mol. The normalized spacial score (nSPS) is 14.4. The topological polar surface area (TPSA) is 74.3 Å². The highest BCUT2D eigenvalue weighted by Gasteiger charge is 2.41. The number of hydrogen-bond donors (Lipinski definition) is 1. The van der Waals surface area contributed by atoms with Crippen molar-refractivity contribution in [3.05, 3.63) is 125 Å². The maximum Gasteiger partial charge on any atom is 0.134 e. The van der Waals surface area contributed by atoms with Crippen molar-refractivity contribution >= 4 is 60.0 Å². The van der Waals surface area contributed by atoms with Crippen molar-refractivity contribution < 1.29 is 5.11 Å². The fraction of sp³-hybridized carbons (Fsp3) is 0.171. The Labute approximate surface area is 269 Å². The van der Waals surface area contributed by atoms with Crippen LogP contribution in [0.1, 0.15) is 30.9 Å². The molecular weight excluding hydrogens is 564 g/mol. The van der Waals surface area contributed by atoms with E-state index in [1.807, 2.05) is 44.4 Å². The van der Waals surface area contributed by atoms with Crippen molar-refractivity contribution in [2.75, 3.05) is 37.0 Å². The van der Waals surface area contributed by atoms with Crippen molar-refractivity contribution in [3.63, 3.8) is 0 Å². The van der Waals surface area contributed by atoms with Gasteiger partial charge in [0.2, 0.25) is 0 Å². The van der Waals surface area contributed by atoms with E-state index in [4.69, 9.17) is 0 Å². The summed E-state index contributed by atoms with van der Waals surface area (Å²) in [4.78, 5) is 4.41. The van der Waals surface area contributed by atoms with E-state index in [1.54, 1.807) is 0 Å². The van der Waals surface area contributed by atoms with Gasteiger partial charge in [0.15, 0.2) is 0 Å². The van der Waals surface area contributed by atoms with Crippen LogP contribution < -0.4 is 9.80 Å². The van der Waals surface area contributed by atoms with Gasteiger partial charge >= 0.3 is 0 Å². The molecule has 0 heterocycles. The van der Waals surface area contributed by atoms with Crippen molar-refractivity contribution in [1.29, 1.82) is 10.5 Å². The van der Waals surface area contributed by atoms with Crippen LogP contribution >= 0.6 is 0 Å². The zero-order chi connectivity index (χ0) is 32.1. The van der Waals surface area contributed by atoms with Gasteiger partial charge in [0.1, 0.15) is 23.5 Å². The number of nitrogens with zero attached hydrogens (tertiary/aromatic N) is 4. The molecule has 1 unspecified atom stereocenters. The van der Waals surface area contributed by atoms with Crippen molar-refractivity contribution in [3.8, 4) is 12.1 Å². The third kappa shape index (κ3) is 4.36. The molecular formula is C41H34N4O. The van der Waals surface area contributed by atoms with Gasteiger partial charge in [0.25, 0.3) is 0 Å². The number of fused-ring (bicyclic) bond motifs is 4. The first-order valence-electron chi connectivity index (χ1n) is 15.7. The molecule has 0 amide bonds. The van der Waals surface area contributed by atoms with Crippen LogP contribution in [0.2, 0.25) is 0 Å². The van der Waals surface area contributed by atoms with E-state index in [0.717, 1.165) is 78.7 Å². The maximum absolute atomic E-state index is 12.1. The molecule has 224 valence electrons. The summed E-state index contributed by atoms with van der Waals surface area (Å²) < 4.78 is 0. The molecule has 0 aliphatic heterocycles. The molecule has 0 saturated carbocycles. The minimum atomic E-state index is -0.609. The van der Waals surface area contributed by atoms with E-state index in [9.17, 15) is 15.6 Å². The lowest BCUT2D eigenvalue weighted by Crippen LogP contribution is -2.24. The van der Waals surface area contributed by atoms with Crippen molar-refractivity contribution in [2.24, 2.45) is 0 Å². The summed E-state index contributed by atoms with van der Waals surface area (Å²) in [7, 11) is 4.04. The first kappa shape index (κ1) is 29.0. The number of anilines is 2. The number of hydrogen-bond acceptors (Lipinski definition) is 5. The smallest absolute Gasteiger partial charge is 0.134 e. The van der Waals surface area contributed by atoms with E-state index in [1.165, 1.54) is 0 Å². The Bertz CT molecular complexity index is 2350. The summed E-state index contributed by atoms with van der Waals surface area (Å²) in [5.41, 5.74) is 5.03. The quantitative estimate of drug-likeness (QED) is 0.153. The number of allylic oxidation sites excluding steroid dienone is 3. The highest BCUT2D eigenvalue weighted by molar-refractivity contribution is 6.13. The van der Waals surface area contributed by atoms with Gasteiger partial charge < -0.3 is 14.9 Å². The van der Waals surface area contributed by atoms with Gasteiger partial charge in [0, 0.05) is 60.5 Å². The van der Waals surface area contributed by atoms with Crippen LogP contribution in [0.5, 0.6) is 0 Å². The Kier molecular flexibility index (Phi) is 7.11. The monoisotopic (exact) mass is 598 g/mol. The minimum Gasteiger partial charge on any atom is -0.511 e. The van der Waals surface area contributed by atoms with Crippen LogP contribution in [-0.4, -0.2) is 32.3 Å². The lowest BCUT2D eigenvalue weighted by Gasteiger charge is -2.36. The number of aliphatic hydroxyl groups is 1. The molecule has 1 atom stereocenters. The van der Waals surface area contributed by atoms with E-state index in [2.05, 4.69) is 103 Å². The molecule has 0 saturated heterocycles. The van der Waals surface area contributed by atoms with Crippen LogP contribution in [0.25, 0.3) is 48.7 Å². The molecule has 1 N–H and O–H groups in total. The zero-order valence-corrected chi connectivity index (χ0v) is 26.5. The molecule has 1 aliphatic carbocycles. The summed E-state index contributed by atoms with van der Waals surface area (Å²) in [6.07, 6.45) is 0. The molecule has 0 bridgehead atoms. The molecule has 0 spiro atoms. The zero-order valence-electron chi connectivity index (χ0n) is 26.5. The second-order valence-corrected chi connectivity index (χ2v) is 12.1. The second kappa shape index (κ2) is 11.3. The van der Waals surface area contributed by atoms with E-state index >= 15 is 0 Å². The predicted molar refractivity (Wildman–Crippen MR) is 191 cm³/mol. The summed E-state index contributed by atoms with van der Waals surface area (Å²) in [5.74, 6) is -0.433. The van der Waals surface area contributed by atoms with Crippen molar-refractivity contribution in [1.82, 2.24) is 0 Å². The molecule has 6 aromatic rings. The summed E-state index contributed by atoms with van der Waals surface area (Å²) in [5, 5.41) is 41.1. The van der Waals surface area contributed by atoms with Gasteiger partial charge in [-0.05, 0) is 93.7 Å². The van der Waals surface area contributed by atoms with E-state index in [0.29, 0.717) is 11.1 Å². The fourth-order valence-corrected chi connectivity index (χ4v) is 7.24. The van der Waals surface area contributed by atoms with Gasteiger partial charge in [-0.1, -0.05) is 60.7 Å². The Morgan fingerprint density at radius 3 is 1.70 bits per heavy atom. The second-order valence-electron chi connectivity index (χ2n) is 12.1. The average Bonchev–Trinajstić information content (AvgIpc) is 3.08. The lowest BCUT2D eigenvalue weighted by molar-refractivity contribution is 0.370. The third-order valence-electron chi connectivity index (χ3n) is 9.50. The third-order valence-corrected chi connectivity index (χ3v) is 9.50. The van der Waals surface area contributed by atoms with E-state index < -0.39 is 5.92 Å². The van der Waals surface area contributed by atoms with Crippen LogP contribution in [-0.2, 0) is 0 Å².